The van der Waals surface area contributed by atoms with Crippen LogP contribution < -0.4 is 15.4 Å². The third-order valence-corrected chi connectivity index (χ3v) is 3.78. The topological polar surface area (TPSA) is 50.4 Å². The van der Waals surface area contributed by atoms with E-state index in [0.717, 1.165) is 0 Å². The molecular weight excluding hydrogens is 355 g/mol. The minimum absolute atomic E-state index is 0.169. The molecule has 1 amide bonds. The van der Waals surface area contributed by atoms with E-state index < -0.39 is 0 Å². The van der Waals surface area contributed by atoms with Crippen LogP contribution in [0.2, 0.25) is 10.0 Å². The molecule has 0 spiro atoms. The smallest absolute Gasteiger partial charge is 0.257 e. The molecule has 0 radical (unpaired) electrons. The van der Waals surface area contributed by atoms with Crippen LogP contribution in [0.15, 0.2) is 42.5 Å². The molecule has 2 rings (SSSR count). The summed E-state index contributed by atoms with van der Waals surface area (Å²) in [5.74, 6) is 0.395. The number of carbonyl (C=O) groups excluding carboxylic acids is 1. The van der Waals surface area contributed by atoms with Crippen LogP contribution in [0.1, 0.15) is 17.3 Å². The molecule has 4 nitrogen and oxygen atoms in total. The van der Waals surface area contributed by atoms with Crippen LogP contribution in [0, 0.1) is 0 Å². The molecule has 2 N–H and O–H groups in total. The Morgan fingerprint density at radius 2 is 1.83 bits per heavy atom. The van der Waals surface area contributed by atoms with Gasteiger partial charge in [0.25, 0.3) is 5.91 Å². The van der Waals surface area contributed by atoms with E-state index in [4.69, 9.17) is 40.2 Å². The van der Waals surface area contributed by atoms with Gasteiger partial charge in [0.15, 0.2) is 5.11 Å². The zero-order valence-electron chi connectivity index (χ0n) is 12.2. The van der Waals surface area contributed by atoms with Gasteiger partial charge >= 0.3 is 0 Å². The number of anilines is 1. The first-order valence-corrected chi connectivity index (χ1v) is 7.96. The average Bonchev–Trinajstić information content (AvgIpc) is 2.52. The molecule has 0 saturated carbocycles. The van der Waals surface area contributed by atoms with Gasteiger partial charge in [0, 0.05) is 11.3 Å². The Hall–Kier alpha value is -1.82. The number of benzene rings is 2. The van der Waals surface area contributed by atoms with Crippen molar-refractivity contribution in [3.8, 4) is 5.75 Å². The Kier molecular flexibility index (Phi) is 6.21. The molecule has 0 fully saturated rings. The van der Waals surface area contributed by atoms with Crippen molar-refractivity contribution in [3.63, 3.8) is 0 Å². The second kappa shape index (κ2) is 8.15. The maximum absolute atomic E-state index is 12.1. The third kappa shape index (κ3) is 5.10. The van der Waals surface area contributed by atoms with E-state index in [1.807, 2.05) is 6.92 Å². The molecule has 0 atom stereocenters. The van der Waals surface area contributed by atoms with Crippen LogP contribution in [0.5, 0.6) is 5.75 Å². The van der Waals surface area contributed by atoms with E-state index in [1.54, 1.807) is 42.5 Å². The second-order valence-corrected chi connectivity index (χ2v) is 5.72. The highest BCUT2D eigenvalue weighted by Gasteiger charge is 2.09. The summed E-state index contributed by atoms with van der Waals surface area (Å²) >= 11 is 16.9. The van der Waals surface area contributed by atoms with E-state index in [1.165, 1.54) is 0 Å². The summed E-state index contributed by atoms with van der Waals surface area (Å²) in [5, 5.41) is 6.48. The minimum Gasteiger partial charge on any atom is -0.494 e. The molecule has 7 heteroatoms. The number of nitrogens with one attached hydrogen (secondary N) is 2. The Bertz CT molecular complexity index is 721. The number of rotatable bonds is 4. The second-order valence-electron chi connectivity index (χ2n) is 4.49. The average molecular weight is 369 g/mol. The number of halogens is 2. The lowest BCUT2D eigenvalue weighted by atomic mass is 10.2. The van der Waals surface area contributed by atoms with Gasteiger partial charge in [0.1, 0.15) is 5.75 Å². The lowest BCUT2D eigenvalue weighted by Gasteiger charge is -2.10. The largest absolute Gasteiger partial charge is 0.494 e. The third-order valence-electron chi connectivity index (χ3n) is 2.83. The lowest BCUT2D eigenvalue weighted by Crippen LogP contribution is -2.34. The number of carbonyl (C=O) groups is 1. The van der Waals surface area contributed by atoms with Gasteiger partial charge in [-0.2, -0.15) is 0 Å². The number of amides is 1. The Labute approximate surface area is 149 Å². The minimum atomic E-state index is -0.314. The number of thiocarbonyl (C=S) groups is 1. The summed E-state index contributed by atoms with van der Waals surface area (Å²) in [6.45, 7) is 2.47. The first kappa shape index (κ1) is 17.5. The molecule has 0 saturated heterocycles. The van der Waals surface area contributed by atoms with Crippen LogP contribution in [0.4, 0.5) is 5.69 Å². The molecular formula is C16H14Cl2N2O2S. The summed E-state index contributed by atoms with van der Waals surface area (Å²) in [7, 11) is 0. The van der Waals surface area contributed by atoms with Crippen molar-refractivity contribution in [1.82, 2.24) is 5.32 Å². The van der Waals surface area contributed by atoms with Crippen molar-refractivity contribution in [2.24, 2.45) is 0 Å². The molecule has 0 aliphatic rings. The fourth-order valence-electron chi connectivity index (χ4n) is 1.78. The van der Waals surface area contributed by atoms with Gasteiger partial charge in [-0.1, -0.05) is 23.2 Å². The number of ether oxygens (including phenoxy) is 1. The van der Waals surface area contributed by atoms with E-state index in [9.17, 15) is 4.79 Å². The first-order chi connectivity index (χ1) is 11.0. The van der Waals surface area contributed by atoms with Crippen LogP contribution in [0.25, 0.3) is 0 Å². The van der Waals surface area contributed by atoms with E-state index >= 15 is 0 Å². The molecule has 0 heterocycles. The maximum atomic E-state index is 12.1. The molecule has 0 aromatic heterocycles. The highest BCUT2D eigenvalue weighted by molar-refractivity contribution is 7.80. The van der Waals surface area contributed by atoms with E-state index in [0.29, 0.717) is 33.7 Å². The molecule has 0 unspecified atom stereocenters. The lowest BCUT2D eigenvalue weighted by molar-refractivity contribution is 0.0977. The Morgan fingerprint density at radius 1 is 1.13 bits per heavy atom. The van der Waals surface area contributed by atoms with Crippen LogP contribution in [-0.2, 0) is 0 Å². The molecule has 23 heavy (non-hydrogen) atoms. The fourth-order valence-corrected chi connectivity index (χ4v) is 2.29. The monoisotopic (exact) mass is 368 g/mol. The Balaban J connectivity index is 1.96. The van der Waals surface area contributed by atoms with Crippen molar-refractivity contribution in [1.29, 1.82) is 0 Å². The van der Waals surface area contributed by atoms with Crippen molar-refractivity contribution in [2.45, 2.75) is 6.92 Å². The highest BCUT2D eigenvalue weighted by atomic mass is 35.5. The van der Waals surface area contributed by atoms with Gasteiger partial charge in [-0.25, -0.2) is 0 Å². The quantitative estimate of drug-likeness (QED) is 0.779. The predicted molar refractivity (Wildman–Crippen MR) is 97.8 cm³/mol. The van der Waals surface area contributed by atoms with Crippen LogP contribution >= 0.6 is 35.4 Å². The maximum Gasteiger partial charge on any atom is 0.257 e. The normalized spacial score (nSPS) is 10.0. The van der Waals surface area contributed by atoms with Gasteiger partial charge in [0.05, 0.1) is 16.7 Å². The summed E-state index contributed by atoms with van der Waals surface area (Å²) in [5.41, 5.74) is 1.11. The summed E-state index contributed by atoms with van der Waals surface area (Å²) < 4.78 is 5.33. The van der Waals surface area contributed by atoms with E-state index in [-0.39, 0.29) is 11.0 Å². The van der Waals surface area contributed by atoms with E-state index in [2.05, 4.69) is 10.6 Å². The van der Waals surface area contributed by atoms with Crippen molar-refractivity contribution < 1.29 is 9.53 Å². The van der Waals surface area contributed by atoms with Gasteiger partial charge in [-0.15, -0.1) is 0 Å². The molecule has 2 aromatic rings. The predicted octanol–water partition coefficient (Wildman–Crippen LogP) is 4.52. The van der Waals surface area contributed by atoms with Crippen molar-refractivity contribution >= 4 is 52.1 Å². The molecule has 120 valence electrons. The molecule has 2 aromatic carbocycles. The fraction of sp³-hybridized carbons (Fsp3) is 0.125. The summed E-state index contributed by atoms with van der Waals surface area (Å²) in [6.07, 6.45) is 0. The Morgan fingerprint density at radius 3 is 2.43 bits per heavy atom. The number of hydrogen-bond donors (Lipinski definition) is 2. The standard InChI is InChI=1S/C16H14Cl2N2O2S/c1-2-22-12-6-3-10(4-7-12)15(21)20-16(23)19-11-5-8-13(17)14(18)9-11/h3-9H,2H2,1H3,(H2,19,20,21,23). The molecule has 0 aliphatic heterocycles. The molecule has 0 bridgehead atoms. The van der Waals surface area contributed by atoms with Crippen molar-refractivity contribution in [3.05, 3.63) is 58.1 Å². The zero-order chi connectivity index (χ0) is 16.8. The van der Waals surface area contributed by atoms with Gasteiger partial charge in [0.2, 0.25) is 0 Å². The van der Waals surface area contributed by atoms with Gasteiger partial charge < -0.3 is 10.1 Å². The summed E-state index contributed by atoms with van der Waals surface area (Å²) in [6, 6.07) is 11.8. The highest BCUT2D eigenvalue weighted by Crippen LogP contribution is 2.24. The summed E-state index contributed by atoms with van der Waals surface area (Å²) in [4.78, 5) is 12.1. The number of hydrogen-bond acceptors (Lipinski definition) is 3. The van der Waals surface area contributed by atoms with Gasteiger partial charge in [-0.05, 0) is 61.6 Å². The molecule has 0 aliphatic carbocycles. The first-order valence-electron chi connectivity index (χ1n) is 6.80. The van der Waals surface area contributed by atoms with Crippen LogP contribution in [-0.4, -0.2) is 17.6 Å². The SMILES string of the molecule is CCOc1ccc(C(=O)NC(=S)Nc2ccc(Cl)c(Cl)c2)cc1. The van der Waals surface area contributed by atoms with Crippen LogP contribution in [0.3, 0.4) is 0 Å². The zero-order valence-corrected chi connectivity index (χ0v) is 14.6. The van der Waals surface area contributed by atoms with Crippen molar-refractivity contribution in [2.75, 3.05) is 11.9 Å². The van der Waals surface area contributed by atoms with Gasteiger partial charge in [-0.3, -0.25) is 10.1 Å².